The molecule has 43 heavy (non-hydrogen) atoms. The average Bonchev–Trinajstić information content (AvgIpc) is 3.58. The van der Waals surface area contributed by atoms with Crippen LogP contribution in [0.15, 0.2) is 106 Å². The molecule has 0 saturated heterocycles. The van der Waals surface area contributed by atoms with E-state index in [0.717, 1.165) is 88.0 Å². The number of hydrogen-bond acceptors (Lipinski definition) is 4. The largest absolute Gasteiger partial charge is 0.456 e. The molecule has 2 aromatic heterocycles. The number of fused-ring (bicyclic) bond motifs is 11. The van der Waals surface area contributed by atoms with Gasteiger partial charge in [-0.3, -0.25) is 0 Å². The molecular formula is C37H22BNO4. The van der Waals surface area contributed by atoms with Crippen molar-refractivity contribution in [1.82, 2.24) is 0 Å². The molecule has 6 heteroatoms. The second-order valence-corrected chi connectivity index (χ2v) is 11.7. The average molecular weight is 555 g/mol. The Hall–Kier alpha value is -5.49. The van der Waals surface area contributed by atoms with Crippen LogP contribution in [0.4, 0.5) is 16.2 Å². The predicted molar refractivity (Wildman–Crippen MR) is 174 cm³/mol. The second-order valence-electron chi connectivity index (χ2n) is 11.7. The number of benzene rings is 6. The SMILES string of the molecule is Cc1cc(C)c2c(c1)N1C(=O)Oc3cc4oc5ccccc5c4c4c3c1c(c1oc3ccccc3c14)B2c1ccccc1. The maximum absolute atomic E-state index is 14.1. The lowest BCUT2D eigenvalue weighted by Crippen LogP contribution is -2.60. The predicted octanol–water partition coefficient (Wildman–Crippen LogP) is 7.74. The van der Waals surface area contributed by atoms with Gasteiger partial charge in [-0.1, -0.05) is 83.8 Å². The summed E-state index contributed by atoms with van der Waals surface area (Å²) in [6.07, 6.45) is -0.432. The lowest BCUT2D eigenvalue weighted by molar-refractivity contribution is 0.210. The van der Waals surface area contributed by atoms with E-state index < -0.39 is 6.09 Å². The summed E-state index contributed by atoms with van der Waals surface area (Å²) in [5.41, 5.74) is 10.1. The Morgan fingerprint density at radius 1 is 0.651 bits per heavy atom. The molecule has 0 spiro atoms. The van der Waals surface area contributed by atoms with E-state index in [4.69, 9.17) is 13.6 Å². The fraction of sp³-hybridized carbons (Fsp3) is 0.0541. The third-order valence-electron chi connectivity index (χ3n) is 9.28. The fourth-order valence-electron chi connectivity index (χ4n) is 7.74. The number of carbonyl (C=O) groups excluding carboxylic acids is 1. The van der Waals surface area contributed by atoms with Gasteiger partial charge in [-0.25, -0.2) is 9.69 Å². The molecule has 10 rings (SSSR count). The van der Waals surface area contributed by atoms with Crippen LogP contribution in [0.3, 0.4) is 0 Å². The Morgan fingerprint density at radius 3 is 2.14 bits per heavy atom. The number of carbonyl (C=O) groups is 1. The second kappa shape index (κ2) is 7.87. The molecule has 202 valence electrons. The molecule has 0 atom stereocenters. The van der Waals surface area contributed by atoms with Crippen LogP contribution >= 0.6 is 0 Å². The molecule has 0 bridgehead atoms. The third kappa shape index (κ3) is 2.81. The quantitative estimate of drug-likeness (QED) is 0.195. The van der Waals surface area contributed by atoms with E-state index in [1.807, 2.05) is 48.5 Å². The van der Waals surface area contributed by atoms with Crippen LogP contribution in [-0.4, -0.2) is 12.8 Å². The van der Waals surface area contributed by atoms with Crippen LogP contribution in [-0.2, 0) is 0 Å². The number of rotatable bonds is 1. The first-order valence-electron chi connectivity index (χ1n) is 14.5. The van der Waals surface area contributed by atoms with Crippen molar-refractivity contribution >= 4 is 95.2 Å². The van der Waals surface area contributed by atoms with Gasteiger partial charge in [0.15, 0.2) is 0 Å². The topological polar surface area (TPSA) is 55.8 Å². The van der Waals surface area contributed by atoms with Gasteiger partial charge in [-0.2, -0.15) is 0 Å². The Labute approximate surface area is 245 Å². The first-order chi connectivity index (χ1) is 21.1. The minimum atomic E-state index is -0.432. The molecule has 1 amide bonds. The van der Waals surface area contributed by atoms with Gasteiger partial charge in [0.25, 0.3) is 6.71 Å². The molecule has 0 fully saturated rings. The lowest BCUT2D eigenvalue weighted by atomic mass is 9.34. The van der Waals surface area contributed by atoms with Gasteiger partial charge in [0.1, 0.15) is 28.1 Å². The Balaban J connectivity index is 1.54. The molecule has 5 nitrogen and oxygen atoms in total. The van der Waals surface area contributed by atoms with Crippen molar-refractivity contribution in [2.75, 3.05) is 4.90 Å². The molecule has 6 aromatic carbocycles. The Morgan fingerprint density at radius 2 is 1.35 bits per heavy atom. The molecule has 2 aliphatic rings. The Bertz CT molecular complexity index is 2540. The molecule has 2 aliphatic heterocycles. The normalized spacial score (nSPS) is 14.0. The minimum absolute atomic E-state index is 0.161. The highest BCUT2D eigenvalue weighted by molar-refractivity contribution is 7.00. The van der Waals surface area contributed by atoms with Crippen molar-refractivity contribution in [3.8, 4) is 5.75 Å². The number of furan rings is 2. The maximum atomic E-state index is 14.1. The van der Waals surface area contributed by atoms with E-state index in [1.165, 1.54) is 0 Å². The number of anilines is 2. The molecule has 4 heterocycles. The fourth-order valence-corrected chi connectivity index (χ4v) is 7.74. The van der Waals surface area contributed by atoms with Crippen LogP contribution in [0, 0.1) is 13.8 Å². The van der Waals surface area contributed by atoms with Crippen molar-refractivity contribution < 1.29 is 18.4 Å². The van der Waals surface area contributed by atoms with Crippen molar-refractivity contribution in [3.63, 3.8) is 0 Å². The first kappa shape index (κ1) is 23.1. The van der Waals surface area contributed by atoms with Crippen molar-refractivity contribution in [1.29, 1.82) is 0 Å². The van der Waals surface area contributed by atoms with Gasteiger partial charge < -0.3 is 13.6 Å². The monoisotopic (exact) mass is 555 g/mol. The highest BCUT2D eigenvalue weighted by Gasteiger charge is 2.45. The van der Waals surface area contributed by atoms with Crippen LogP contribution in [0.25, 0.3) is 54.6 Å². The summed E-state index contributed by atoms with van der Waals surface area (Å²) in [6, 6.07) is 33.0. The lowest BCUT2D eigenvalue weighted by Gasteiger charge is -2.39. The van der Waals surface area contributed by atoms with Crippen LogP contribution < -0.4 is 26.0 Å². The summed E-state index contributed by atoms with van der Waals surface area (Å²) in [5.74, 6) is 0.505. The molecule has 0 unspecified atom stereocenters. The van der Waals surface area contributed by atoms with Gasteiger partial charge in [-0.15, -0.1) is 0 Å². The van der Waals surface area contributed by atoms with Gasteiger partial charge in [0.2, 0.25) is 0 Å². The zero-order valence-electron chi connectivity index (χ0n) is 23.4. The number of hydrogen-bond donors (Lipinski definition) is 0. The van der Waals surface area contributed by atoms with Crippen LogP contribution in [0.2, 0.25) is 0 Å². The molecule has 8 aromatic rings. The zero-order chi connectivity index (χ0) is 28.6. The van der Waals surface area contributed by atoms with E-state index in [9.17, 15) is 4.79 Å². The van der Waals surface area contributed by atoms with E-state index in [2.05, 4.69) is 62.4 Å². The summed E-state index contributed by atoms with van der Waals surface area (Å²) in [5, 5.41) is 5.92. The molecule has 0 aliphatic carbocycles. The van der Waals surface area contributed by atoms with E-state index in [0.29, 0.717) is 11.3 Å². The maximum Gasteiger partial charge on any atom is 0.424 e. The standard InChI is InChI=1S/C37H22BNO4/c1-19-16-20(2)33-24(17-19)39-35-31-28(43-37(39)40)18-27-29(22-12-6-8-14-25(22)41-27)32(31)30-23-13-7-9-15-26(23)42-36(30)34(35)38(33)21-10-4-3-5-11-21/h3-18H,1-2H3. The van der Waals surface area contributed by atoms with Gasteiger partial charge in [0, 0.05) is 38.7 Å². The minimum Gasteiger partial charge on any atom is -0.456 e. The van der Waals surface area contributed by atoms with Crippen LogP contribution in [0.5, 0.6) is 5.75 Å². The Kier molecular flexibility index (Phi) is 4.23. The third-order valence-corrected chi connectivity index (χ3v) is 9.28. The molecular weight excluding hydrogens is 533 g/mol. The number of ether oxygens (including phenoxy) is 1. The summed E-state index contributed by atoms with van der Waals surface area (Å²) in [4.78, 5) is 15.9. The summed E-state index contributed by atoms with van der Waals surface area (Å²) in [6.45, 7) is 4.04. The summed E-state index contributed by atoms with van der Waals surface area (Å²) >= 11 is 0. The number of para-hydroxylation sites is 2. The number of nitrogens with zero attached hydrogens (tertiary/aromatic N) is 1. The van der Waals surface area contributed by atoms with Crippen molar-refractivity contribution in [2.45, 2.75) is 13.8 Å². The summed E-state index contributed by atoms with van der Waals surface area (Å²) < 4.78 is 19.5. The molecule has 0 radical (unpaired) electrons. The molecule has 0 N–H and O–H groups in total. The van der Waals surface area contributed by atoms with E-state index >= 15 is 0 Å². The van der Waals surface area contributed by atoms with E-state index in [-0.39, 0.29) is 6.71 Å². The van der Waals surface area contributed by atoms with Crippen molar-refractivity contribution in [3.05, 3.63) is 108 Å². The van der Waals surface area contributed by atoms with Crippen molar-refractivity contribution in [2.24, 2.45) is 0 Å². The zero-order valence-corrected chi connectivity index (χ0v) is 23.4. The highest BCUT2D eigenvalue weighted by Crippen LogP contribution is 2.52. The van der Waals surface area contributed by atoms with Gasteiger partial charge in [-0.05, 0) is 48.5 Å². The summed E-state index contributed by atoms with van der Waals surface area (Å²) in [7, 11) is 0. The first-order valence-corrected chi connectivity index (χ1v) is 14.5. The van der Waals surface area contributed by atoms with Gasteiger partial charge >= 0.3 is 6.09 Å². The molecule has 0 saturated carbocycles. The number of aryl methyl sites for hydroxylation is 2. The van der Waals surface area contributed by atoms with Gasteiger partial charge in [0.05, 0.1) is 11.1 Å². The smallest absolute Gasteiger partial charge is 0.424 e. The highest BCUT2D eigenvalue weighted by atomic mass is 16.6. The number of amides is 1. The van der Waals surface area contributed by atoms with Crippen LogP contribution in [0.1, 0.15) is 11.1 Å². The van der Waals surface area contributed by atoms with E-state index in [1.54, 1.807) is 4.90 Å².